The molecule has 2 aromatic heterocycles. The monoisotopic (exact) mass is 703 g/mol. The molecule has 0 bridgehead atoms. The number of methoxy groups -OCH3 is 2. The van der Waals surface area contributed by atoms with Crippen LogP contribution in [-0.4, -0.2) is 35.0 Å². The molecule has 6 nitrogen and oxygen atoms in total. The molecule has 0 fully saturated rings. The number of aromatic hydroxyl groups is 1. The van der Waals surface area contributed by atoms with Crippen molar-refractivity contribution in [1.29, 1.82) is 0 Å². The molecule has 0 unspecified atom stereocenters. The van der Waals surface area contributed by atoms with E-state index in [4.69, 9.17) is 19.5 Å². The maximum Gasteiger partial charge on any atom is 0.141 e. The Morgan fingerprint density at radius 2 is 1.35 bits per heavy atom. The minimum Gasteiger partial charge on any atom is -0.506 e. The Morgan fingerprint density at radius 3 is 2.09 bits per heavy atom. The number of nitrogens with one attached hydrogen (secondary N) is 1. The topological polar surface area (TPSA) is 79.7 Å². The van der Waals surface area contributed by atoms with Gasteiger partial charge in [-0.15, -0.1) is 0 Å². The van der Waals surface area contributed by atoms with E-state index in [0.717, 1.165) is 104 Å². The average molecular weight is 704 g/mol. The van der Waals surface area contributed by atoms with Gasteiger partial charge in [-0.2, -0.15) is 0 Å². The number of fused-ring (bicyclic) bond motifs is 7. The first-order valence-corrected chi connectivity index (χ1v) is 18.5. The Morgan fingerprint density at radius 1 is 0.667 bits per heavy atom. The van der Waals surface area contributed by atoms with E-state index < -0.39 is 0 Å². The Hall–Kier alpha value is -6.66. The van der Waals surface area contributed by atoms with Gasteiger partial charge in [0.25, 0.3) is 0 Å². The second-order valence-corrected chi connectivity index (χ2v) is 14.1. The van der Waals surface area contributed by atoms with Crippen LogP contribution in [-0.2, 0) is 19.3 Å². The third-order valence-electron chi connectivity index (χ3n) is 11.2. The highest BCUT2D eigenvalue weighted by Gasteiger charge is 2.35. The smallest absolute Gasteiger partial charge is 0.141 e. The molecule has 54 heavy (non-hydrogen) atoms. The van der Waals surface area contributed by atoms with Crippen LogP contribution < -0.4 is 9.47 Å². The van der Waals surface area contributed by atoms with Crippen LogP contribution in [0.4, 0.5) is 0 Å². The highest BCUT2D eigenvalue weighted by molar-refractivity contribution is 6.25. The summed E-state index contributed by atoms with van der Waals surface area (Å²) in [6.45, 7) is 0. The zero-order valence-corrected chi connectivity index (χ0v) is 30.1. The van der Waals surface area contributed by atoms with Gasteiger partial charge < -0.3 is 19.6 Å². The molecule has 6 heteroatoms. The molecular weight excluding hydrogens is 667 g/mol. The molecule has 5 aromatic carbocycles. The lowest BCUT2D eigenvalue weighted by atomic mass is 9.82. The first-order chi connectivity index (χ1) is 26.6. The normalized spacial score (nSPS) is 15.3. The number of aromatic nitrogens is 2. The third-order valence-corrected chi connectivity index (χ3v) is 11.2. The van der Waals surface area contributed by atoms with Crippen molar-refractivity contribution < 1.29 is 14.6 Å². The van der Waals surface area contributed by atoms with E-state index in [0.29, 0.717) is 5.52 Å². The van der Waals surface area contributed by atoms with E-state index in [-0.39, 0.29) is 5.75 Å². The predicted octanol–water partition coefficient (Wildman–Crippen LogP) is 10.4. The summed E-state index contributed by atoms with van der Waals surface area (Å²) in [5.41, 5.74) is 17.9. The van der Waals surface area contributed by atoms with Crippen molar-refractivity contribution in [1.82, 2.24) is 9.97 Å². The van der Waals surface area contributed by atoms with Gasteiger partial charge in [-0.25, -0.2) is 9.98 Å². The lowest BCUT2D eigenvalue weighted by Crippen LogP contribution is -2.14. The van der Waals surface area contributed by atoms with Crippen LogP contribution in [0.3, 0.4) is 0 Å². The summed E-state index contributed by atoms with van der Waals surface area (Å²) < 4.78 is 11.3. The Kier molecular flexibility index (Phi) is 7.58. The zero-order valence-electron chi connectivity index (χ0n) is 30.1. The van der Waals surface area contributed by atoms with Gasteiger partial charge in [-0.05, 0) is 108 Å². The maximum atomic E-state index is 11.1. The highest BCUT2D eigenvalue weighted by atomic mass is 16.5. The van der Waals surface area contributed by atoms with Crippen LogP contribution in [0.25, 0.3) is 44.4 Å². The number of allylic oxidation sites excluding steroid dienone is 2. The van der Waals surface area contributed by atoms with Crippen LogP contribution in [0.5, 0.6) is 17.2 Å². The lowest BCUT2D eigenvalue weighted by Gasteiger charge is -2.20. The van der Waals surface area contributed by atoms with E-state index in [9.17, 15) is 5.11 Å². The first-order valence-electron chi connectivity index (χ1n) is 18.5. The quantitative estimate of drug-likeness (QED) is 0.181. The van der Waals surface area contributed by atoms with Gasteiger partial charge in [-0.3, -0.25) is 0 Å². The molecule has 0 saturated heterocycles. The molecular formula is C48H37N3O3. The Balaban J connectivity index is 1.34. The number of aryl methyl sites for hydroxylation is 2. The van der Waals surface area contributed by atoms with Crippen molar-refractivity contribution in [2.24, 2.45) is 4.99 Å². The van der Waals surface area contributed by atoms with Crippen molar-refractivity contribution >= 4 is 27.8 Å². The van der Waals surface area contributed by atoms with Gasteiger partial charge in [0.15, 0.2) is 0 Å². The van der Waals surface area contributed by atoms with Crippen molar-refractivity contribution in [3.8, 4) is 39.6 Å². The molecule has 0 atom stereocenters. The van der Waals surface area contributed by atoms with Gasteiger partial charge in [0.2, 0.25) is 0 Å². The van der Waals surface area contributed by atoms with Gasteiger partial charge >= 0.3 is 0 Å². The SMILES string of the molecule is COc1ccc2c(c1)CCC1=C(c3ccccc3)/C(=C(\c3ccc4cccc(O)c4n3)c3[nH]c4c(c3-c3ccccc3)CCc3cc(OC)ccc3-4)N=C12. The van der Waals surface area contributed by atoms with Crippen molar-refractivity contribution in [2.75, 3.05) is 14.2 Å². The molecule has 7 aromatic rings. The summed E-state index contributed by atoms with van der Waals surface area (Å²) in [7, 11) is 3.44. The van der Waals surface area contributed by atoms with Crippen molar-refractivity contribution in [3.63, 3.8) is 0 Å². The van der Waals surface area contributed by atoms with E-state index in [1.54, 1.807) is 20.3 Å². The number of aromatic amines is 1. The van der Waals surface area contributed by atoms with E-state index in [1.165, 1.54) is 27.8 Å². The van der Waals surface area contributed by atoms with Crippen LogP contribution >= 0.6 is 0 Å². The number of pyridine rings is 1. The summed E-state index contributed by atoms with van der Waals surface area (Å²) in [6, 6.07) is 43.7. The molecule has 1 aliphatic heterocycles. The molecule has 3 heterocycles. The molecule has 262 valence electrons. The van der Waals surface area contributed by atoms with Crippen molar-refractivity contribution in [3.05, 3.63) is 178 Å². The second-order valence-electron chi connectivity index (χ2n) is 14.1. The molecule has 2 N–H and O–H groups in total. The molecule has 0 radical (unpaired) electrons. The number of benzene rings is 5. The second kappa shape index (κ2) is 12.8. The fourth-order valence-electron chi connectivity index (χ4n) is 8.63. The van der Waals surface area contributed by atoms with Gasteiger partial charge in [0.05, 0.1) is 48.3 Å². The minimum absolute atomic E-state index is 0.145. The van der Waals surface area contributed by atoms with Gasteiger partial charge in [0, 0.05) is 27.6 Å². The lowest BCUT2D eigenvalue weighted by molar-refractivity contribution is 0.414. The Bertz CT molecular complexity index is 2740. The van der Waals surface area contributed by atoms with Gasteiger partial charge in [0.1, 0.15) is 22.8 Å². The number of nitrogens with zero attached hydrogens (tertiary/aromatic N) is 2. The van der Waals surface area contributed by atoms with Crippen LogP contribution in [0.2, 0.25) is 0 Å². The first kappa shape index (κ1) is 32.0. The summed E-state index contributed by atoms with van der Waals surface area (Å²) in [4.78, 5) is 14.9. The number of hydrogen-bond donors (Lipinski definition) is 2. The molecule has 10 rings (SSSR count). The number of phenols is 1. The predicted molar refractivity (Wildman–Crippen MR) is 216 cm³/mol. The largest absolute Gasteiger partial charge is 0.506 e. The summed E-state index contributed by atoms with van der Waals surface area (Å²) >= 11 is 0. The number of hydrogen-bond acceptors (Lipinski definition) is 5. The van der Waals surface area contributed by atoms with Crippen LogP contribution in [0.15, 0.2) is 144 Å². The van der Waals surface area contributed by atoms with Crippen molar-refractivity contribution in [2.45, 2.75) is 25.7 Å². The van der Waals surface area contributed by atoms with Crippen LogP contribution in [0.1, 0.15) is 45.6 Å². The fraction of sp³-hybridized carbons (Fsp3) is 0.125. The number of rotatable bonds is 6. The summed E-state index contributed by atoms with van der Waals surface area (Å²) in [5, 5.41) is 12.0. The molecule has 3 aliphatic rings. The standard InChI is InChI=1S/C48H37N3O3/c1-53-33-19-23-35-31(26-33)16-21-37-41(28-10-5-3-6-11-28)47(50-45(35)37)43(39-25-18-30-14-9-15-40(52)44(30)49-39)48-42(29-12-7-4-8-13-29)38-22-17-32-27-34(54-2)20-24-36(32)46(38)51-48/h3-15,18-20,23-27,50,52H,16-17,21-22H2,1-2H3/b48-43-. The molecule has 0 spiro atoms. The molecule has 0 amide bonds. The third kappa shape index (κ3) is 5.09. The summed E-state index contributed by atoms with van der Waals surface area (Å²) in [5.74, 6) is 1.85. The molecule has 2 aliphatic carbocycles. The fourth-order valence-corrected chi connectivity index (χ4v) is 8.63. The summed E-state index contributed by atoms with van der Waals surface area (Å²) in [6.07, 6.45) is 3.48. The number of aliphatic imine (C=N–C) groups is 1. The number of para-hydroxylation sites is 1. The van der Waals surface area contributed by atoms with E-state index in [1.807, 2.05) is 24.3 Å². The Labute approximate surface area is 313 Å². The maximum absolute atomic E-state index is 11.1. The number of H-pyrrole nitrogens is 1. The molecule has 0 saturated carbocycles. The minimum atomic E-state index is 0.145. The highest BCUT2D eigenvalue weighted by Crippen LogP contribution is 2.50. The number of phenolic OH excluding ortho intramolecular Hbond substituents is 1. The number of ether oxygens (including phenoxy) is 2. The van der Waals surface area contributed by atoms with E-state index >= 15 is 0 Å². The van der Waals surface area contributed by atoms with Gasteiger partial charge in [-0.1, -0.05) is 78.9 Å². The average Bonchev–Trinajstić information content (AvgIpc) is 3.81. The van der Waals surface area contributed by atoms with Crippen LogP contribution in [0, 0.1) is 0 Å². The van der Waals surface area contributed by atoms with E-state index in [2.05, 4.69) is 102 Å². The zero-order chi connectivity index (χ0) is 36.3.